The highest BCUT2D eigenvalue weighted by Gasteiger charge is 2.24. The number of hydrogen-bond donors (Lipinski definition) is 2. The van der Waals surface area contributed by atoms with Gasteiger partial charge in [0.05, 0.1) is 0 Å². The largest absolute Gasteiger partial charge is 0.396 e. The Bertz CT molecular complexity index is 184. The molecular weight excluding hydrogens is 184 g/mol. The number of nitrogens with zero attached hydrogens (tertiary/aromatic N) is 1. The normalized spacial score (nSPS) is 12.2. The van der Waals surface area contributed by atoms with E-state index in [1.165, 1.54) is 11.8 Å². The van der Waals surface area contributed by atoms with Crippen molar-refractivity contribution in [3.8, 4) is 0 Å². The summed E-state index contributed by atoms with van der Waals surface area (Å²) in [6.07, 6.45) is 0.962. The summed E-state index contributed by atoms with van der Waals surface area (Å²) >= 11 is 0. The molecule has 0 heterocycles. The number of aliphatic hydroxyl groups is 1. The van der Waals surface area contributed by atoms with Gasteiger partial charge in [0.25, 0.3) is 0 Å². The zero-order chi connectivity index (χ0) is 11.1. The lowest BCUT2D eigenvalue weighted by atomic mass is 10.1. The molecule has 0 aliphatic carbocycles. The minimum absolute atomic E-state index is 0.152. The third-order valence-electron chi connectivity index (χ3n) is 1.98. The van der Waals surface area contributed by atoms with Crippen molar-refractivity contribution in [2.45, 2.75) is 32.7 Å². The first-order chi connectivity index (χ1) is 6.54. The highest BCUT2D eigenvalue weighted by atomic mass is 16.3. The lowest BCUT2D eigenvalue weighted by Crippen LogP contribution is -2.47. The molecule has 0 saturated heterocycles. The number of aliphatic hydroxyl groups excluding tert-OH is 1. The van der Waals surface area contributed by atoms with E-state index in [1.54, 1.807) is 0 Å². The maximum Gasteiger partial charge on any atom is 0.240 e. The fraction of sp³-hybridized carbons (Fsp3) is 0.778. The standard InChI is InChI=1S/C9H18N2O3/c1-3-5-11(7(2)13)8(4-6-12)9(10)14/h8,12H,3-6H2,1-2H3,(H2,10,14). The third kappa shape index (κ3) is 3.74. The first-order valence-corrected chi connectivity index (χ1v) is 4.72. The van der Waals surface area contributed by atoms with Crippen LogP contribution in [0.2, 0.25) is 0 Å². The Morgan fingerprint density at radius 3 is 2.36 bits per heavy atom. The second kappa shape index (κ2) is 6.37. The first-order valence-electron chi connectivity index (χ1n) is 4.72. The molecule has 0 saturated carbocycles. The molecule has 0 aromatic carbocycles. The molecule has 2 amide bonds. The average Bonchev–Trinajstić information content (AvgIpc) is 2.10. The van der Waals surface area contributed by atoms with Gasteiger partial charge in [-0.15, -0.1) is 0 Å². The number of rotatable bonds is 6. The monoisotopic (exact) mass is 202 g/mol. The van der Waals surface area contributed by atoms with Crippen molar-refractivity contribution in [1.29, 1.82) is 0 Å². The Labute approximate surface area is 83.9 Å². The zero-order valence-electron chi connectivity index (χ0n) is 8.69. The van der Waals surface area contributed by atoms with Crippen molar-refractivity contribution in [3.05, 3.63) is 0 Å². The molecule has 0 aromatic rings. The van der Waals surface area contributed by atoms with Crippen LogP contribution in [0.4, 0.5) is 0 Å². The van der Waals surface area contributed by atoms with E-state index in [2.05, 4.69) is 0 Å². The quantitative estimate of drug-likeness (QED) is 0.608. The molecule has 5 heteroatoms. The van der Waals surface area contributed by atoms with E-state index in [9.17, 15) is 9.59 Å². The Balaban J connectivity index is 4.54. The molecule has 0 spiro atoms. The highest BCUT2D eigenvalue weighted by molar-refractivity contribution is 5.85. The third-order valence-corrected chi connectivity index (χ3v) is 1.98. The number of amides is 2. The molecule has 5 nitrogen and oxygen atoms in total. The van der Waals surface area contributed by atoms with Crippen LogP contribution in [0.15, 0.2) is 0 Å². The summed E-state index contributed by atoms with van der Waals surface area (Å²) in [6.45, 7) is 3.64. The molecule has 0 radical (unpaired) electrons. The Morgan fingerprint density at radius 1 is 1.50 bits per heavy atom. The zero-order valence-corrected chi connectivity index (χ0v) is 8.69. The number of carbonyl (C=O) groups excluding carboxylic acids is 2. The van der Waals surface area contributed by atoms with Crippen LogP contribution >= 0.6 is 0 Å². The van der Waals surface area contributed by atoms with Gasteiger partial charge in [-0.1, -0.05) is 6.92 Å². The Morgan fingerprint density at radius 2 is 2.07 bits per heavy atom. The summed E-state index contributed by atoms with van der Waals surface area (Å²) in [6, 6.07) is -0.683. The van der Waals surface area contributed by atoms with Gasteiger partial charge >= 0.3 is 0 Å². The van der Waals surface area contributed by atoms with Gasteiger partial charge in [-0.3, -0.25) is 9.59 Å². The van der Waals surface area contributed by atoms with Gasteiger partial charge in [-0.2, -0.15) is 0 Å². The van der Waals surface area contributed by atoms with Crippen molar-refractivity contribution >= 4 is 11.8 Å². The molecule has 0 aliphatic rings. The van der Waals surface area contributed by atoms with Gasteiger partial charge in [-0.25, -0.2) is 0 Å². The minimum Gasteiger partial charge on any atom is -0.396 e. The van der Waals surface area contributed by atoms with Crippen molar-refractivity contribution in [2.24, 2.45) is 5.73 Å². The molecule has 0 fully saturated rings. The molecule has 0 rings (SSSR count). The molecule has 14 heavy (non-hydrogen) atoms. The van der Waals surface area contributed by atoms with Crippen LogP contribution in [0.1, 0.15) is 26.7 Å². The topological polar surface area (TPSA) is 83.6 Å². The van der Waals surface area contributed by atoms with Crippen LogP contribution in [0, 0.1) is 0 Å². The molecule has 1 unspecified atom stereocenters. The van der Waals surface area contributed by atoms with Crippen LogP contribution in [0.5, 0.6) is 0 Å². The summed E-state index contributed by atoms with van der Waals surface area (Å²) in [5.41, 5.74) is 5.15. The smallest absolute Gasteiger partial charge is 0.240 e. The van der Waals surface area contributed by atoms with Crippen molar-refractivity contribution < 1.29 is 14.7 Å². The first kappa shape index (κ1) is 12.9. The summed E-state index contributed by atoms with van der Waals surface area (Å²) in [5, 5.41) is 8.74. The van der Waals surface area contributed by atoms with Gasteiger partial charge in [0.15, 0.2) is 0 Å². The second-order valence-electron chi connectivity index (χ2n) is 3.14. The molecule has 1 atom stereocenters. The van der Waals surface area contributed by atoms with Crippen molar-refractivity contribution in [1.82, 2.24) is 4.90 Å². The molecule has 0 bridgehead atoms. The lowest BCUT2D eigenvalue weighted by Gasteiger charge is -2.27. The predicted octanol–water partition coefficient (Wildman–Crippen LogP) is -0.519. The van der Waals surface area contributed by atoms with Crippen LogP contribution in [0.3, 0.4) is 0 Å². The van der Waals surface area contributed by atoms with E-state index in [-0.39, 0.29) is 18.9 Å². The Hall–Kier alpha value is -1.10. The second-order valence-corrected chi connectivity index (χ2v) is 3.14. The summed E-state index contributed by atoms with van der Waals surface area (Å²) < 4.78 is 0. The number of carbonyl (C=O) groups is 2. The van der Waals surface area contributed by atoms with Gasteiger partial charge in [-0.05, 0) is 12.8 Å². The number of nitrogens with two attached hydrogens (primary N) is 1. The fourth-order valence-corrected chi connectivity index (χ4v) is 1.35. The van der Waals surface area contributed by atoms with E-state index in [0.717, 1.165) is 6.42 Å². The Kier molecular flexibility index (Phi) is 5.87. The summed E-state index contributed by atoms with van der Waals surface area (Å²) in [5.74, 6) is -0.758. The van der Waals surface area contributed by atoms with E-state index in [1.807, 2.05) is 6.92 Å². The van der Waals surface area contributed by atoms with Gasteiger partial charge in [0, 0.05) is 20.1 Å². The van der Waals surface area contributed by atoms with Crippen LogP contribution < -0.4 is 5.73 Å². The molecule has 0 aliphatic heterocycles. The van der Waals surface area contributed by atoms with E-state index in [4.69, 9.17) is 10.8 Å². The summed E-state index contributed by atoms with van der Waals surface area (Å²) in [7, 11) is 0. The SMILES string of the molecule is CCCN(C(C)=O)C(CCO)C(N)=O. The van der Waals surface area contributed by atoms with E-state index < -0.39 is 11.9 Å². The van der Waals surface area contributed by atoms with Crippen LogP contribution in [-0.2, 0) is 9.59 Å². The maximum absolute atomic E-state index is 11.2. The predicted molar refractivity (Wildman–Crippen MR) is 52.4 cm³/mol. The molecular formula is C9H18N2O3. The van der Waals surface area contributed by atoms with Crippen molar-refractivity contribution in [3.63, 3.8) is 0 Å². The van der Waals surface area contributed by atoms with Gasteiger partial charge < -0.3 is 15.7 Å². The minimum atomic E-state index is -0.683. The molecule has 82 valence electrons. The van der Waals surface area contributed by atoms with E-state index >= 15 is 0 Å². The van der Waals surface area contributed by atoms with E-state index in [0.29, 0.717) is 6.54 Å². The molecule has 3 N–H and O–H groups in total. The summed E-state index contributed by atoms with van der Waals surface area (Å²) in [4.78, 5) is 23.6. The lowest BCUT2D eigenvalue weighted by molar-refractivity contribution is -0.138. The van der Waals surface area contributed by atoms with Gasteiger partial charge in [0.1, 0.15) is 6.04 Å². The fourth-order valence-electron chi connectivity index (χ4n) is 1.35. The van der Waals surface area contributed by atoms with Crippen molar-refractivity contribution in [2.75, 3.05) is 13.2 Å². The van der Waals surface area contributed by atoms with Crippen LogP contribution in [-0.4, -0.2) is 41.0 Å². The average molecular weight is 202 g/mol. The number of hydrogen-bond acceptors (Lipinski definition) is 3. The van der Waals surface area contributed by atoms with Crippen LogP contribution in [0.25, 0.3) is 0 Å². The number of primary amides is 1. The maximum atomic E-state index is 11.2. The molecule has 0 aromatic heterocycles. The highest BCUT2D eigenvalue weighted by Crippen LogP contribution is 2.05. The van der Waals surface area contributed by atoms with Gasteiger partial charge in [0.2, 0.25) is 11.8 Å².